The SMILES string of the molecule is Cc1ccc2nc(CN3CCC(Cc4ccccc4)CC3)[nH]c2c1. The molecular formula is C21H25N3. The van der Waals surface area contributed by atoms with Crippen LogP contribution in [0.4, 0.5) is 0 Å². The molecule has 24 heavy (non-hydrogen) atoms. The highest BCUT2D eigenvalue weighted by atomic mass is 15.2. The summed E-state index contributed by atoms with van der Waals surface area (Å²) in [5.74, 6) is 1.92. The van der Waals surface area contributed by atoms with E-state index in [0.717, 1.165) is 29.3 Å². The van der Waals surface area contributed by atoms with Gasteiger partial charge in [0, 0.05) is 0 Å². The van der Waals surface area contributed by atoms with E-state index < -0.39 is 0 Å². The van der Waals surface area contributed by atoms with Crippen LogP contribution in [0.1, 0.15) is 29.8 Å². The first-order valence-electron chi connectivity index (χ1n) is 8.98. The second-order valence-corrected chi connectivity index (χ2v) is 7.11. The minimum absolute atomic E-state index is 0.821. The summed E-state index contributed by atoms with van der Waals surface area (Å²) in [6.45, 7) is 5.41. The molecule has 4 rings (SSSR count). The number of likely N-dealkylation sites (tertiary alicyclic amines) is 1. The molecule has 0 spiro atoms. The molecular weight excluding hydrogens is 294 g/mol. The Balaban J connectivity index is 1.34. The van der Waals surface area contributed by atoms with Gasteiger partial charge in [-0.3, -0.25) is 4.90 Å². The van der Waals surface area contributed by atoms with E-state index in [1.807, 2.05) is 0 Å². The molecule has 3 aromatic rings. The molecule has 0 aliphatic carbocycles. The van der Waals surface area contributed by atoms with Gasteiger partial charge in [0.1, 0.15) is 5.82 Å². The standard InChI is InChI=1S/C21H25N3/c1-16-7-8-19-20(13-16)23-21(22-19)15-24-11-9-18(10-12-24)14-17-5-3-2-4-6-17/h2-8,13,18H,9-12,14-15H2,1H3,(H,22,23). The number of benzene rings is 2. The van der Waals surface area contributed by atoms with Gasteiger partial charge < -0.3 is 4.98 Å². The Kier molecular flexibility index (Phi) is 4.35. The predicted octanol–water partition coefficient (Wildman–Crippen LogP) is 4.33. The quantitative estimate of drug-likeness (QED) is 0.776. The van der Waals surface area contributed by atoms with E-state index in [1.54, 1.807) is 0 Å². The fraction of sp³-hybridized carbons (Fsp3) is 0.381. The van der Waals surface area contributed by atoms with E-state index in [1.165, 1.54) is 43.5 Å². The van der Waals surface area contributed by atoms with Crippen LogP contribution in [0, 0.1) is 12.8 Å². The number of hydrogen-bond donors (Lipinski definition) is 1. The van der Waals surface area contributed by atoms with Crippen molar-refractivity contribution in [1.29, 1.82) is 0 Å². The second-order valence-electron chi connectivity index (χ2n) is 7.11. The highest BCUT2D eigenvalue weighted by molar-refractivity contribution is 5.75. The van der Waals surface area contributed by atoms with Crippen molar-refractivity contribution in [3.8, 4) is 0 Å². The van der Waals surface area contributed by atoms with Gasteiger partial charge in [0.2, 0.25) is 0 Å². The molecule has 1 saturated heterocycles. The number of nitrogens with one attached hydrogen (secondary N) is 1. The van der Waals surface area contributed by atoms with Crippen LogP contribution in [-0.2, 0) is 13.0 Å². The Morgan fingerprint density at radius 3 is 2.67 bits per heavy atom. The largest absolute Gasteiger partial charge is 0.341 e. The van der Waals surface area contributed by atoms with Gasteiger partial charge in [0.15, 0.2) is 0 Å². The Labute approximate surface area is 143 Å². The average Bonchev–Trinajstić information content (AvgIpc) is 2.99. The van der Waals surface area contributed by atoms with Crippen LogP contribution in [0.25, 0.3) is 11.0 Å². The van der Waals surface area contributed by atoms with Crippen LogP contribution in [0.3, 0.4) is 0 Å². The lowest BCUT2D eigenvalue weighted by Gasteiger charge is -2.31. The fourth-order valence-corrected chi connectivity index (χ4v) is 3.76. The lowest BCUT2D eigenvalue weighted by molar-refractivity contribution is 0.174. The Morgan fingerprint density at radius 2 is 1.88 bits per heavy atom. The summed E-state index contributed by atoms with van der Waals surface area (Å²) in [6.07, 6.45) is 3.79. The molecule has 2 heterocycles. The fourth-order valence-electron chi connectivity index (χ4n) is 3.76. The number of imidazole rings is 1. The minimum Gasteiger partial charge on any atom is -0.341 e. The number of aryl methyl sites for hydroxylation is 1. The van der Waals surface area contributed by atoms with Crippen molar-refractivity contribution in [2.24, 2.45) is 5.92 Å². The van der Waals surface area contributed by atoms with Gasteiger partial charge >= 0.3 is 0 Å². The molecule has 0 saturated carbocycles. The maximum absolute atomic E-state index is 4.74. The number of fused-ring (bicyclic) bond motifs is 1. The third kappa shape index (κ3) is 3.51. The van der Waals surface area contributed by atoms with E-state index in [2.05, 4.69) is 65.3 Å². The number of hydrogen-bond acceptors (Lipinski definition) is 2. The van der Waals surface area contributed by atoms with Crippen molar-refractivity contribution in [3.05, 3.63) is 65.5 Å². The average molecular weight is 319 g/mol. The van der Waals surface area contributed by atoms with Crippen LogP contribution in [-0.4, -0.2) is 28.0 Å². The summed E-state index contributed by atoms with van der Waals surface area (Å²) >= 11 is 0. The molecule has 124 valence electrons. The first-order chi connectivity index (χ1) is 11.8. The molecule has 1 fully saturated rings. The lowest BCUT2D eigenvalue weighted by atomic mass is 9.90. The summed E-state index contributed by atoms with van der Waals surface area (Å²) < 4.78 is 0. The van der Waals surface area contributed by atoms with Crippen molar-refractivity contribution < 1.29 is 0 Å². The van der Waals surface area contributed by atoms with Crippen LogP contribution in [0.2, 0.25) is 0 Å². The van der Waals surface area contributed by atoms with Crippen molar-refractivity contribution in [2.45, 2.75) is 32.7 Å². The summed E-state index contributed by atoms with van der Waals surface area (Å²) in [5, 5.41) is 0. The molecule has 1 aromatic heterocycles. The van der Waals surface area contributed by atoms with E-state index in [4.69, 9.17) is 4.98 Å². The number of rotatable bonds is 4. The van der Waals surface area contributed by atoms with Gasteiger partial charge in [-0.05, 0) is 68.5 Å². The smallest absolute Gasteiger partial charge is 0.121 e. The molecule has 3 nitrogen and oxygen atoms in total. The minimum atomic E-state index is 0.821. The Morgan fingerprint density at radius 1 is 1.08 bits per heavy atom. The lowest BCUT2D eigenvalue weighted by Crippen LogP contribution is -2.34. The maximum Gasteiger partial charge on any atom is 0.121 e. The summed E-state index contributed by atoms with van der Waals surface area (Å²) in [5.41, 5.74) is 4.99. The van der Waals surface area contributed by atoms with Gasteiger partial charge in [0.25, 0.3) is 0 Å². The zero-order chi connectivity index (χ0) is 16.4. The highest BCUT2D eigenvalue weighted by Crippen LogP contribution is 2.23. The molecule has 0 atom stereocenters. The van der Waals surface area contributed by atoms with Gasteiger partial charge in [-0.1, -0.05) is 36.4 Å². The van der Waals surface area contributed by atoms with Crippen molar-refractivity contribution >= 4 is 11.0 Å². The summed E-state index contributed by atoms with van der Waals surface area (Å²) in [7, 11) is 0. The Bertz CT molecular complexity index is 798. The van der Waals surface area contributed by atoms with Crippen molar-refractivity contribution in [3.63, 3.8) is 0 Å². The molecule has 1 N–H and O–H groups in total. The monoisotopic (exact) mass is 319 g/mol. The maximum atomic E-state index is 4.74. The topological polar surface area (TPSA) is 31.9 Å². The van der Waals surface area contributed by atoms with Gasteiger partial charge in [-0.2, -0.15) is 0 Å². The molecule has 0 bridgehead atoms. The normalized spacial score (nSPS) is 16.7. The van der Waals surface area contributed by atoms with Crippen molar-refractivity contribution in [1.82, 2.24) is 14.9 Å². The first kappa shape index (κ1) is 15.4. The van der Waals surface area contributed by atoms with E-state index in [0.29, 0.717) is 0 Å². The number of piperidine rings is 1. The number of aromatic amines is 1. The number of aromatic nitrogens is 2. The highest BCUT2D eigenvalue weighted by Gasteiger charge is 2.20. The summed E-state index contributed by atoms with van der Waals surface area (Å²) in [4.78, 5) is 10.8. The van der Waals surface area contributed by atoms with E-state index in [-0.39, 0.29) is 0 Å². The van der Waals surface area contributed by atoms with Crippen LogP contribution >= 0.6 is 0 Å². The zero-order valence-corrected chi connectivity index (χ0v) is 14.3. The molecule has 0 amide bonds. The van der Waals surface area contributed by atoms with Crippen LogP contribution < -0.4 is 0 Å². The third-order valence-corrected chi connectivity index (χ3v) is 5.13. The van der Waals surface area contributed by atoms with Gasteiger partial charge in [0.05, 0.1) is 17.6 Å². The molecule has 1 aliphatic heterocycles. The first-order valence-corrected chi connectivity index (χ1v) is 8.98. The van der Waals surface area contributed by atoms with E-state index in [9.17, 15) is 0 Å². The summed E-state index contributed by atoms with van der Waals surface area (Å²) in [6, 6.07) is 17.3. The Hall–Kier alpha value is -2.13. The molecule has 0 unspecified atom stereocenters. The number of nitrogens with zero attached hydrogens (tertiary/aromatic N) is 2. The number of H-pyrrole nitrogens is 1. The van der Waals surface area contributed by atoms with Gasteiger partial charge in [-0.15, -0.1) is 0 Å². The molecule has 0 radical (unpaired) electrons. The van der Waals surface area contributed by atoms with E-state index >= 15 is 0 Å². The van der Waals surface area contributed by atoms with Crippen LogP contribution in [0.5, 0.6) is 0 Å². The van der Waals surface area contributed by atoms with Gasteiger partial charge in [-0.25, -0.2) is 4.98 Å². The zero-order valence-electron chi connectivity index (χ0n) is 14.3. The molecule has 2 aromatic carbocycles. The van der Waals surface area contributed by atoms with Crippen molar-refractivity contribution in [2.75, 3.05) is 13.1 Å². The second kappa shape index (κ2) is 6.78. The predicted molar refractivity (Wildman–Crippen MR) is 99.0 cm³/mol. The van der Waals surface area contributed by atoms with Crippen LogP contribution in [0.15, 0.2) is 48.5 Å². The molecule has 1 aliphatic rings. The third-order valence-electron chi connectivity index (χ3n) is 5.13. The molecule has 3 heteroatoms.